The second kappa shape index (κ2) is 10.6. The molecule has 1 amide bonds. The van der Waals surface area contributed by atoms with Crippen LogP contribution in [0.2, 0.25) is 0 Å². The average molecular weight is 522 g/mol. The van der Waals surface area contributed by atoms with Crippen LogP contribution in [0.25, 0.3) is 10.9 Å². The lowest BCUT2D eigenvalue weighted by Crippen LogP contribution is -2.34. The number of rotatable bonds is 6. The fourth-order valence-electron chi connectivity index (χ4n) is 5.23. The fraction of sp³-hybridized carbons (Fsp3) is 0.429. The van der Waals surface area contributed by atoms with Gasteiger partial charge in [0.05, 0.1) is 23.8 Å². The number of para-hydroxylation sites is 1. The summed E-state index contributed by atoms with van der Waals surface area (Å²) >= 11 is 1.41. The van der Waals surface area contributed by atoms with Gasteiger partial charge in [-0.1, -0.05) is 25.1 Å². The van der Waals surface area contributed by atoms with Crippen LogP contribution < -0.4 is 5.32 Å². The molecule has 8 nitrogen and oxygen atoms in total. The summed E-state index contributed by atoms with van der Waals surface area (Å²) < 4.78 is 10.9. The maximum atomic E-state index is 13.6. The van der Waals surface area contributed by atoms with Crippen molar-refractivity contribution < 1.29 is 23.9 Å². The van der Waals surface area contributed by atoms with Crippen LogP contribution in [0.3, 0.4) is 0 Å². The minimum Gasteiger partial charge on any atom is -0.465 e. The van der Waals surface area contributed by atoms with E-state index < -0.39 is 23.9 Å². The number of carbonyl (C=O) groups is 3. The molecule has 1 aliphatic carbocycles. The first-order chi connectivity index (χ1) is 17.9. The van der Waals surface area contributed by atoms with Crippen LogP contribution in [-0.4, -0.2) is 54.5 Å². The predicted molar refractivity (Wildman–Crippen MR) is 142 cm³/mol. The number of pyridine rings is 1. The number of nitrogens with zero attached hydrogens (tertiary/aromatic N) is 2. The molecular formula is C28H31N3O5S. The number of aryl methyl sites for hydroxylation is 1. The molecule has 0 radical (unpaired) electrons. The van der Waals surface area contributed by atoms with E-state index in [1.165, 1.54) is 18.4 Å². The summed E-state index contributed by atoms with van der Waals surface area (Å²) in [5.74, 6) is -1.45. The monoisotopic (exact) mass is 521 g/mol. The van der Waals surface area contributed by atoms with Crippen molar-refractivity contribution in [1.29, 1.82) is 0 Å². The van der Waals surface area contributed by atoms with Gasteiger partial charge in [0.15, 0.2) is 6.10 Å². The molecule has 0 fully saturated rings. The molecule has 1 unspecified atom stereocenters. The topological polar surface area (TPSA) is 97.8 Å². The van der Waals surface area contributed by atoms with Crippen molar-refractivity contribution in [2.45, 2.75) is 58.1 Å². The van der Waals surface area contributed by atoms with Crippen LogP contribution >= 0.6 is 11.3 Å². The number of nitrogens with one attached hydrogen (secondary N) is 1. The summed E-state index contributed by atoms with van der Waals surface area (Å²) in [6, 6.07) is 7.53. The average Bonchev–Trinajstić information content (AvgIpc) is 3.27. The number of hydrogen-bond acceptors (Lipinski definition) is 8. The van der Waals surface area contributed by atoms with Gasteiger partial charge in [-0.2, -0.15) is 0 Å². The maximum absolute atomic E-state index is 13.6. The number of methoxy groups -OCH3 is 1. The molecule has 9 heteroatoms. The Bertz CT molecular complexity index is 1380. The zero-order valence-electron chi connectivity index (χ0n) is 21.4. The lowest BCUT2D eigenvalue weighted by Gasteiger charge is -2.27. The molecule has 2 aromatic heterocycles. The Balaban J connectivity index is 1.43. The number of aromatic nitrogens is 1. The van der Waals surface area contributed by atoms with E-state index in [0.717, 1.165) is 71.2 Å². The van der Waals surface area contributed by atoms with Crippen LogP contribution in [0.4, 0.5) is 5.00 Å². The first-order valence-corrected chi connectivity index (χ1v) is 13.6. The van der Waals surface area contributed by atoms with E-state index in [1.54, 1.807) is 6.92 Å². The highest BCUT2D eigenvalue weighted by atomic mass is 32.1. The molecule has 0 saturated heterocycles. The highest BCUT2D eigenvalue weighted by Gasteiger charge is 2.31. The van der Waals surface area contributed by atoms with Gasteiger partial charge >= 0.3 is 11.9 Å². The predicted octanol–water partition coefficient (Wildman–Crippen LogP) is 4.52. The van der Waals surface area contributed by atoms with E-state index in [0.29, 0.717) is 29.1 Å². The largest absolute Gasteiger partial charge is 0.465 e. The molecule has 37 heavy (non-hydrogen) atoms. The van der Waals surface area contributed by atoms with Gasteiger partial charge in [0.25, 0.3) is 5.91 Å². The number of carbonyl (C=O) groups excluding carboxylic acids is 3. The Morgan fingerprint density at radius 2 is 1.86 bits per heavy atom. The van der Waals surface area contributed by atoms with Crippen molar-refractivity contribution in [2.75, 3.05) is 26.0 Å². The van der Waals surface area contributed by atoms with Crippen molar-refractivity contribution >= 4 is 45.1 Å². The summed E-state index contributed by atoms with van der Waals surface area (Å²) in [6.45, 7) is 3.25. The third kappa shape index (κ3) is 4.85. The summed E-state index contributed by atoms with van der Waals surface area (Å²) in [6.07, 6.45) is 3.73. The first-order valence-electron chi connectivity index (χ1n) is 12.7. The van der Waals surface area contributed by atoms with Crippen molar-refractivity contribution in [3.63, 3.8) is 0 Å². The van der Waals surface area contributed by atoms with Crippen molar-refractivity contribution in [3.05, 3.63) is 57.1 Å². The number of anilines is 1. The molecule has 0 saturated carbocycles. The number of hydrogen-bond donors (Lipinski definition) is 1. The first kappa shape index (κ1) is 25.4. The van der Waals surface area contributed by atoms with Gasteiger partial charge in [-0.05, 0) is 50.8 Å². The zero-order chi connectivity index (χ0) is 26.1. The van der Waals surface area contributed by atoms with Crippen LogP contribution in [-0.2, 0) is 40.1 Å². The lowest BCUT2D eigenvalue weighted by molar-refractivity contribution is -0.124. The standard InChI is InChI=1S/C28H31N3O5S/c1-4-21(25(32)30-26-24(27(33)35-3)17-10-6-8-12-22(17)37-26)36-28(34)23-16-9-5-7-11-19(16)29-20-13-14-31(2)15-18(20)23/h5,7,9,11,21H,4,6,8,10,12-15H2,1-3H3,(H,30,32). The minimum atomic E-state index is -1.01. The van der Waals surface area contributed by atoms with E-state index >= 15 is 0 Å². The number of benzene rings is 1. The zero-order valence-corrected chi connectivity index (χ0v) is 22.2. The van der Waals surface area contributed by atoms with Crippen LogP contribution in [0, 0.1) is 0 Å². The third-order valence-corrected chi connectivity index (χ3v) is 8.36. The smallest absolute Gasteiger partial charge is 0.341 e. The highest BCUT2D eigenvalue weighted by molar-refractivity contribution is 7.17. The Labute approximate surface area is 220 Å². The summed E-state index contributed by atoms with van der Waals surface area (Å²) in [5.41, 5.74) is 4.35. The maximum Gasteiger partial charge on any atom is 0.341 e. The molecule has 1 aliphatic heterocycles. The second-order valence-electron chi connectivity index (χ2n) is 9.62. The van der Waals surface area contributed by atoms with E-state index in [1.807, 2.05) is 31.3 Å². The normalized spacial score (nSPS) is 16.0. The van der Waals surface area contributed by atoms with Gasteiger partial charge in [0.2, 0.25) is 0 Å². The lowest BCUT2D eigenvalue weighted by atomic mass is 9.95. The number of fused-ring (bicyclic) bond motifs is 3. The molecular weight excluding hydrogens is 490 g/mol. The van der Waals surface area contributed by atoms with Gasteiger partial charge in [-0.25, -0.2) is 9.59 Å². The van der Waals surface area contributed by atoms with Crippen LogP contribution in [0.5, 0.6) is 0 Å². The van der Waals surface area contributed by atoms with Gasteiger partial charge in [-0.15, -0.1) is 11.3 Å². The van der Waals surface area contributed by atoms with Crippen molar-refractivity contribution in [2.24, 2.45) is 0 Å². The number of likely N-dealkylation sites (N-methyl/N-ethyl adjacent to an activating group) is 1. The highest BCUT2D eigenvalue weighted by Crippen LogP contribution is 2.39. The molecule has 0 spiro atoms. The fourth-order valence-corrected chi connectivity index (χ4v) is 6.51. The van der Waals surface area contributed by atoms with Gasteiger partial charge < -0.3 is 19.7 Å². The van der Waals surface area contributed by atoms with Crippen molar-refractivity contribution in [3.8, 4) is 0 Å². The molecule has 5 rings (SSSR count). The number of ether oxygens (including phenoxy) is 2. The number of thiophene rings is 1. The Morgan fingerprint density at radius 1 is 1.08 bits per heavy atom. The van der Waals surface area contributed by atoms with E-state index in [-0.39, 0.29) is 0 Å². The number of esters is 2. The SMILES string of the molecule is CCC(OC(=O)c1c2c(nc3ccccc13)CCN(C)C2)C(=O)Nc1sc2c(c1C(=O)OC)CCCC2. The van der Waals surface area contributed by atoms with E-state index in [4.69, 9.17) is 14.5 Å². The summed E-state index contributed by atoms with van der Waals surface area (Å²) in [5, 5.41) is 4.06. The molecule has 3 aromatic rings. The molecule has 1 atom stereocenters. The molecule has 1 N–H and O–H groups in total. The number of amides is 1. The van der Waals surface area contributed by atoms with Crippen LogP contribution in [0.1, 0.15) is 68.6 Å². The van der Waals surface area contributed by atoms with Gasteiger partial charge in [0.1, 0.15) is 5.00 Å². The molecule has 194 valence electrons. The Morgan fingerprint density at radius 3 is 2.65 bits per heavy atom. The van der Waals surface area contributed by atoms with Gasteiger partial charge in [0, 0.05) is 41.0 Å². The molecule has 0 bridgehead atoms. The minimum absolute atomic E-state index is 0.293. The molecule has 2 aliphatic rings. The quantitative estimate of drug-likeness (QED) is 0.476. The summed E-state index contributed by atoms with van der Waals surface area (Å²) in [4.78, 5) is 47.6. The second-order valence-corrected chi connectivity index (χ2v) is 10.7. The van der Waals surface area contributed by atoms with Crippen molar-refractivity contribution in [1.82, 2.24) is 9.88 Å². The van der Waals surface area contributed by atoms with Crippen LogP contribution in [0.15, 0.2) is 24.3 Å². The van der Waals surface area contributed by atoms with E-state index in [2.05, 4.69) is 10.2 Å². The third-order valence-electron chi connectivity index (χ3n) is 7.15. The molecule has 1 aromatic carbocycles. The Hall–Kier alpha value is -3.30. The Kier molecular flexibility index (Phi) is 7.26. The molecule has 3 heterocycles. The van der Waals surface area contributed by atoms with E-state index in [9.17, 15) is 14.4 Å². The summed E-state index contributed by atoms with van der Waals surface area (Å²) in [7, 11) is 3.35. The van der Waals surface area contributed by atoms with Gasteiger partial charge in [-0.3, -0.25) is 9.78 Å².